The Morgan fingerprint density at radius 1 is 1.23 bits per heavy atom. The number of hydrogen-bond acceptors (Lipinski definition) is 7. The molecule has 8 nitrogen and oxygen atoms in total. The van der Waals surface area contributed by atoms with Crippen LogP contribution in [-0.4, -0.2) is 54.4 Å². The number of amides is 1. The first kappa shape index (κ1) is 17.6. The number of alkyl carbamates (subject to hydrolysis) is 1. The molecule has 0 unspecified atom stereocenters. The smallest absolute Gasteiger partial charge is 0.408 e. The number of hydrogen-bond donors (Lipinski definition) is 1. The monoisotopic (exact) mass is 307 g/mol. The molecule has 1 aromatic heterocycles. The van der Waals surface area contributed by atoms with E-state index in [1.165, 1.54) is 12.4 Å². The molecule has 0 saturated heterocycles. The third-order valence-corrected chi connectivity index (χ3v) is 2.21. The molecule has 0 radical (unpaired) electrons. The number of aromatic nitrogens is 2. The highest BCUT2D eigenvalue weighted by molar-refractivity contribution is 6.30. The molecule has 0 aliphatic rings. The number of esters is 1. The van der Waals surface area contributed by atoms with E-state index in [2.05, 4.69) is 15.3 Å². The number of nitrogens with zero attached hydrogens (tertiary/aromatic N) is 2. The van der Waals surface area contributed by atoms with E-state index in [1.54, 1.807) is 28.6 Å². The lowest BCUT2D eigenvalue weighted by Gasteiger charge is -2.19. The number of ketones is 1. The van der Waals surface area contributed by atoms with Crippen LogP contribution in [0.4, 0.5) is 4.79 Å². The van der Waals surface area contributed by atoms with Gasteiger partial charge in [0.2, 0.25) is 5.78 Å². The van der Waals surface area contributed by atoms with E-state index in [4.69, 9.17) is 9.47 Å². The minimum absolute atomic E-state index is 0.110. The van der Waals surface area contributed by atoms with Crippen molar-refractivity contribution in [2.75, 3.05) is 13.2 Å². The van der Waals surface area contributed by atoms with Gasteiger partial charge in [-0.1, -0.05) is 0 Å². The largest absolute Gasteiger partial charge is 0.456 e. The first-order valence-electron chi connectivity index (χ1n) is 6.62. The number of carbonyl (C=O) groups is 3. The quantitative estimate of drug-likeness (QED) is 0.421. The number of ether oxygens (including phenoxy) is 2. The van der Waals surface area contributed by atoms with Crippen molar-refractivity contribution in [3.05, 3.63) is 18.1 Å². The Kier molecular flexibility index (Phi) is 6.03. The van der Waals surface area contributed by atoms with E-state index < -0.39 is 30.1 Å². The summed E-state index contributed by atoms with van der Waals surface area (Å²) in [6.45, 7) is 4.25. The van der Waals surface area contributed by atoms with Crippen LogP contribution in [0, 0.1) is 0 Å². The summed E-state index contributed by atoms with van der Waals surface area (Å²) < 4.78 is 9.69. The van der Waals surface area contributed by atoms with E-state index in [1.807, 2.05) is 0 Å². The van der Waals surface area contributed by atoms with E-state index in [0.29, 0.717) is 5.59 Å². The van der Waals surface area contributed by atoms with Gasteiger partial charge in [0.15, 0.2) is 14.5 Å². The average Bonchev–Trinajstić information content (AvgIpc) is 2.41. The van der Waals surface area contributed by atoms with Crippen molar-refractivity contribution < 1.29 is 23.9 Å². The highest BCUT2D eigenvalue weighted by Crippen LogP contribution is 2.06. The van der Waals surface area contributed by atoms with Crippen LogP contribution < -0.4 is 10.9 Å². The van der Waals surface area contributed by atoms with Gasteiger partial charge >= 0.3 is 12.1 Å². The van der Waals surface area contributed by atoms with Crippen molar-refractivity contribution in [2.24, 2.45) is 0 Å². The second-order valence-electron chi connectivity index (χ2n) is 5.48. The Hall–Kier alpha value is -2.45. The van der Waals surface area contributed by atoms with Gasteiger partial charge < -0.3 is 14.8 Å². The molecule has 1 amide bonds. The Labute approximate surface area is 129 Å². The molecule has 9 heteroatoms. The van der Waals surface area contributed by atoms with Crippen molar-refractivity contribution in [1.29, 1.82) is 0 Å². The van der Waals surface area contributed by atoms with E-state index >= 15 is 0 Å². The maximum absolute atomic E-state index is 11.7. The number of carbonyl (C=O) groups excluding carboxylic acids is 3. The van der Waals surface area contributed by atoms with Gasteiger partial charge in [-0.25, -0.2) is 4.79 Å². The summed E-state index contributed by atoms with van der Waals surface area (Å²) >= 11 is 0. The maximum atomic E-state index is 11.7. The molecule has 1 aromatic rings. The highest BCUT2D eigenvalue weighted by Gasteiger charge is 2.17. The molecule has 0 spiro atoms. The summed E-state index contributed by atoms with van der Waals surface area (Å²) in [6.07, 6.45) is 2.02. The molecule has 0 aliphatic carbocycles. The number of nitrogens with one attached hydrogen (secondary N) is 1. The summed E-state index contributed by atoms with van der Waals surface area (Å²) in [7, 11) is 1.74. The molecule has 0 bridgehead atoms. The lowest BCUT2D eigenvalue weighted by atomic mass is 10.1. The summed E-state index contributed by atoms with van der Waals surface area (Å²) in [5.41, 5.74) is 0.127. The molecule has 118 valence electrons. The van der Waals surface area contributed by atoms with Crippen LogP contribution in [0.5, 0.6) is 0 Å². The Bertz CT molecular complexity index is 554. The molecule has 0 fully saturated rings. The highest BCUT2D eigenvalue weighted by atomic mass is 16.6. The molecule has 22 heavy (non-hydrogen) atoms. The predicted molar refractivity (Wildman–Crippen MR) is 79.7 cm³/mol. The van der Waals surface area contributed by atoms with Gasteiger partial charge in [-0.3, -0.25) is 19.6 Å². The first-order valence-corrected chi connectivity index (χ1v) is 6.62. The zero-order valence-electron chi connectivity index (χ0n) is 13.0. The second-order valence-corrected chi connectivity index (χ2v) is 5.48. The second kappa shape index (κ2) is 7.53. The molecule has 1 N–H and O–H groups in total. The summed E-state index contributed by atoms with van der Waals surface area (Å²) in [5, 5.41) is 2.23. The van der Waals surface area contributed by atoms with Crippen LogP contribution in [-0.2, 0) is 14.3 Å². The van der Waals surface area contributed by atoms with Crippen molar-refractivity contribution in [2.45, 2.75) is 26.4 Å². The maximum Gasteiger partial charge on any atom is 0.408 e. The number of Topliss-reactive ketones (excluding diaryl/α,β-unsaturated/α-hetero) is 1. The Balaban J connectivity index is 2.32. The molecule has 1 rings (SSSR count). The van der Waals surface area contributed by atoms with Gasteiger partial charge in [0.1, 0.15) is 17.8 Å². The van der Waals surface area contributed by atoms with Gasteiger partial charge in [-0.15, -0.1) is 0 Å². The fourth-order valence-electron chi connectivity index (χ4n) is 1.27. The third-order valence-electron chi connectivity index (χ3n) is 2.21. The molecule has 1 heterocycles. The SMILES string of the molecule is Bc1cnc(C(=O)COC(=O)CNC(=O)OC(C)(C)C)cn1. The van der Waals surface area contributed by atoms with Gasteiger partial charge in [0, 0.05) is 11.8 Å². The minimum Gasteiger partial charge on any atom is -0.456 e. The molecule has 0 aromatic carbocycles. The minimum atomic E-state index is -0.751. The zero-order chi connectivity index (χ0) is 16.8. The van der Waals surface area contributed by atoms with Gasteiger partial charge in [-0.2, -0.15) is 0 Å². The van der Waals surface area contributed by atoms with E-state index in [9.17, 15) is 14.4 Å². The van der Waals surface area contributed by atoms with E-state index in [0.717, 1.165) is 0 Å². The Morgan fingerprint density at radius 3 is 2.45 bits per heavy atom. The molecular weight excluding hydrogens is 289 g/mol. The van der Waals surface area contributed by atoms with Crippen LogP contribution in [0.2, 0.25) is 0 Å². The molecule has 0 atom stereocenters. The summed E-state index contributed by atoms with van der Waals surface area (Å²) in [6, 6.07) is 0. The fraction of sp³-hybridized carbons (Fsp3) is 0.462. The van der Waals surface area contributed by atoms with Crippen molar-refractivity contribution >= 4 is 31.3 Å². The molecular formula is C13H18BN3O5. The van der Waals surface area contributed by atoms with Crippen molar-refractivity contribution in [3.8, 4) is 0 Å². The van der Waals surface area contributed by atoms with Crippen LogP contribution in [0.3, 0.4) is 0 Å². The third kappa shape index (κ3) is 6.82. The topological polar surface area (TPSA) is 107 Å². The Morgan fingerprint density at radius 2 is 1.91 bits per heavy atom. The van der Waals surface area contributed by atoms with Crippen LogP contribution in [0.25, 0.3) is 0 Å². The average molecular weight is 307 g/mol. The zero-order valence-corrected chi connectivity index (χ0v) is 13.0. The summed E-state index contributed by atoms with van der Waals surface area (Å²) in [5.74, 6) is -1.22. The standard InChI is InChI=1S/C13H18BN3O5/c1-13(2,3)22-12(20)17-6-11(19)21-7-9(18)8-4-16-10(14)5-15-8/h4-5H,6-7,14H2,1-3H3,(H,17,20). The van der Waals surface area contributed by atoms with E-state index in [-0.39, 0.29) is 12.2 Å². The normalized spacial score (nSPS) is 10.7. The van der Waals surface area contributed by atoms with Gasteiger partial charge in [-0.05, 0) is 20.8 Å². The lowest BCUT2D eigenvalue weighted by molar-refractivity contribution is -0.141. The van der Waals surface area contributed by atoms with Crippen molar-refractivity contribution in [1.82, 2.24) is 15.3 Å². The molecule has 0 aliphatic heterocycles. The summed E-state index contributed by atoms with van der Waals surface area (Å²) in [4.78, 5) is 42.2. The first-order chi connectivity index (χ1) is 10.2. The van der Waals surface area contributed by atoms with Crippen LogP contribution >= 0.6 is 0 Å². The fourth-order valence-corrected chi connectivity index (χ4v) is 1.27. The predicted octanol–water partition coefficient (Wildman–Crippen LogP) is -1.01. The lowest BCUT2D eigenvalue weighted by Crippen LogP contribution is -2.36. The number of rotatable bonds is 5. The van der Waals surface area contributed by atoms with Crippen LogP contribution in [0.1, 0.15) is 31.3 Å². The molecule has 0 saturated carbocycles. The van der Waals surface area contributed by atoms with Crippen molar-refractivity contribution in [3.63, 3.8) is 0 Å². The van der Waals surface area contributed by atoms with Gasteiger partial charge in [0.25, 0.3) is 0 Å². The van der Waals surface area contributed by atoms with Gasteiger partial charge in [0.05, 0.1) is 6.20 Å². The van der Waals surface area contributed by atoms with Crippen LogP contribution in [0.15, 0.2) is 12.4 Å².